The molecule has 0 saturated carbocycles. The Balaban J connectivity index is 1.97. The predicted molar refractivity (Wildman–Crippen MR) is 87.9 cm³/mol. The van der Waals surface area contributed by atoms with Crippen molar-refractivity contribution in [3.8, 4) is 0 Å². The normalized spacial score (nSPS) is 19.8. The van der Waals surface area contributed by atoms with E-state index in [0.717, 1.165) is 37.3 Å². The quantitative estimate of drug-likeness (QED) is 0.769. The van der Waals surface area contributed by atoms with Gasteiger partial charge in [0, 0.05) is 26.5 Å². The van der Waals surface area contributed by atoms with E-state index in [9.17, 15) is 0 Å². The van der Waals surface area contributed by atoms with E-state index in [4.69, 9.17) is 9.72 Å². The number of imidazole rings is 1. The molecule has 1 aliphatic heterocycles. The van der Waals surface area contributed by atoms with Gasteiger partial charge in [-0.25, -0.2) is 9.97 Å². The van der Waals surface area contributed by atoms with Crippen LogP contribution in [0.1, 0.15) is 44.5 Å². The summed E-state index contributed by atoms with van der Waals surface area (Å²) in [5, 5.41) is 0. The number of likely N-dealkylation sites (tertiary alicyclic amines) is 1. The van der Waals surface area contributed by atoms with E-state index < -0.39 is 0 Å². The van der Waals surface area contributed by atoms with Crippen molar-refractivity contribution in [3.05, 3.63) is 24.2 Å². The zero-order valence-electron chi connectivity index (χ0n) is 13.7. The van der Waals surface area contributed by atoms with Crippen LogP contribution in [0.25, 0.3) is 11.2 Å². The predicted octanol–water partition coefficient (Wildman–Crippen LogP) is 3.01. The van der Waals surface area contributed by atoms with Crippen molar-refractivity contribution in [1.82, 2.24) is 19.4 Å². The van der Waals surface area contributed by atoms with E-state index in [1.807, 2.05) is 12.3 Å². The number of hydrogen-bond donors (Lipinski definition) is 0. The van der Waals surface area contributed by atoms with Crippen LogP contribution in [0.4, 0.5) is 0 Å². The molecule has 5 nitrogen and oxygen atoms in total. The molecule has 3 rings (SSSR count). The summed E-state index contributed by atoms with van der Waals surface area (Å²) in [7, 11) is 1.76. The smallest absolute Gasteiger partial charge is 0.160 e. The number of hydrogen-bond acceptors (Lipinski definition) is 4. The van der Waals surface area contributed by atoms with E-state index in [-0.39, 0.29) is 0 Å². The molecule has 5 heteroatoms. The lowest BCUT2D eigenvalue weighted by atomic mass is 10.0. The van der Waals surface area contributed by atoms with Gasteiger partial charge in [-0.05, 0) is 44.5 Å². The van der Waals surface area contributed by atoms with E-state index in [1.54, 1.807) is 7.11 Å². The van der Waals surface area contributed by atoms with Crippen LogP contribution in [0, 0.1) is 0 Å². The molecular formula is C17H26N4O. The third-order valence-corrected chi connectivity index (χ3v) is 4.58. The Hall–Kier alpha value is -1.46. The zero-order chi connectivity index (χ0) is 15.4. The number of methoxy groups -OCH3 is 1. The van der Waals surface area contributed by atoms with E-state index in [0.29, 0.717) is 6.04 Å². The first-order chi connectivity index (χ1) is 10.8. The summed E-state index contributed by atoms with van der Waals surface area (Å²) >= 11 is 0. The fourth-order valence-electron chi connectivity index (χ4n) is 3.48. The van der Waals surface area contributed by atoms with Crippen LogP contribution < -0.4 is 0 Å². The van der Waals surface area contributed by atoms with Gasteiger partial charge in [0.25, 0.3) is 0 Å². The molecule has 0 spiro atoms. The molecule has 2 aromatic heterocycles. The number of piperidine rings is 1. The lowest BCUT2D eigenvalue weighted by Crippen LogP contribution is -2.34. The molecule has 1 aliphatic rings. The van der Waals surface area contributed by atoms with E-state index >= 15 is 0 Å². The second-order valence-corrected chi connectivity index (χ2v) is 5.95. The highest BCUT2D eigenvalue weighted by Gasteiger charge is 2.27. The topological polar surface area (TPSA) is 43.2 Å². The fourth-order valence-corrected chi connectivity index (χ4v) is 3.48. The lowest BCUT2D eigenvalue weighted by molar-refractivity contribution is 0.145. The van der Waals surface area contributed by atoms with Crippen LogP contribution in [0.5, 0.6) is 0 Å². The largest absolute Gasteiger partial charge is 0.385 e. The number of pyridine rings is 1. The molecule has 22 heavy (non-hydrogen) atoms. The Morgan fingerprint density at radius 1 is 1.36 bits per heavy atom. The Morgan fingerprint density at radius 2 is 2.27 bits per heavy atom. The van der Waals surface area contributed by atoms with Crippen LogP contribution in [0.2, 0.25) is 0 Å². The van der Waals surface area contributed by atoms with Gasteiger partial charge in [0.05, 0.1) is 6.04 Å². The molecular weight excluding hydrogens is 276 g/mol. The van der Waals surface area contributed by atoms with Crippen molar-refractivity contribution in [1.29, 1.82) is 0 Å². The Bertz CT molecular complexity index is 610. The molecule has 0 aromatic carbocycles. The summed E-state index contributed by atoms with van der Waals surface area (Å²) < 4.78 is 7.53. The number of nitrogens with zero attached hydrogens (tertiary/aromatic N) is 4. The minimum atomic E-state index is 0.426. The molecule has 1 fully saturated rings. The summed E-state index contributed by atoms with van der Waals surface area (Å²) in [5.74, 6) is 1.19. The number of ether oxygens (including phenoxy) is 1. The molecule has 0 radical (unpaired) electrons. The second-order valence-electron chi connectivity index (χ2n) is 5.95. The van der Waals surface area contributed by atoms with Crippen molar-refractivity contribution in [2.45, 2.75) is 45.2 Å². The van der Waals surface area contributed by atoms with Gasteiger partial charge in [-0.2, -0.15) is 0 Å². The first kappa shape index (κ1) is 15.4. The molecule has 0 aliphatic carbocycles. The molecule has 0 bridgehead atoms. The van der Waals surface area contributed by atoms with Gasteiger partial charge >= 0.3 is 0 Å². The molecule has 1 atom stereocenters. The SMILES string of the molecule is CCN1CCCCC1c1nc2cccnc2n1CCCOC. The Kier molecular flexibility index (Phi) is 5.05. The van der Waals surface area contributed by atoms with Crippen LogP contribution in [-0.4, -0.2) is 46.2 Å². The van der Waals surface area contributed by atoms with Gasteiger partial charge in [0.2, 0.25) is 0 Å². The molecule has 120 valence electrons. The third-order valence-electron chi connectivity index (χ3n) is 4.58. The van der Waals surface area contributed by atoms with Crippen molar-refractivity contribution < 1.29 is 4.74 Å². The van der Waals surface area contributed by atoms with Gasteiger partial charge in [0.1, 0.15) is 11.3 Å². The van der Waals surface area contributed by atoms with Gasteiger partial charge < -0.3 is 9.30 Å². The number of aromatic nitrogens is 3. The summed E-state index contributed by atoms with van der Waals surface area (Å²) in [5.41, 5.74) is 2.02. The van der Waals surface area contributed by atoms with Gasteiger partial charge in [-0.1, -0.05) is 13.3 Å². The summed E-state index contributed by atoms with van der Waals surface area (Å²) in [6.07, 6.45) is 6.63. The van der Waals surface area contributed by atoms with Crippen LogP contribution in [0.15, 0.2) is 18.3 Å². The van der Waals surface area contributed by atoms with Gasteiger partial charge in [0.15, 0.2) is 5.65 Å². The van der Waals surface area contributed by atoms with E-state index in [1.165, 1.54) is 31.6 Å². The van der Waals surface area contributed by atoms with Gasteiger partial charge in [-0.3, -0.25) is 4.90 Å². The van der Waals surface area contributed by atoms with Crippen molar-refractivity contribution in [2.24, 2.45) is 0 Å². The third kappa shape index (κ3) is 3.01. The van der Waals surface area contributed by atoms with Crippen molar-refractivity contribution in [2.75, 3.05) is 26.8 Å². The molecule has 0 amide bonds. The highest BCUT2D eigenvalue weighted by molar-refractivity contribution is 5.71. The Labute approximate surface area is 132 Å². The maximum absolute atomic E-state index is 5.22. The first-order valence-electron chi connectivity index (χ1n) is 8.39. The van der Waals surface area contributed by atoms with Crippen LogP contribution >= 0.6 is 0 Å². The molecule has 1 unspecified atom stereocenters. The van der Waals surface area contributed by atoms with Crippen LogP contribution in [-0.2, 0) is 11.3 Å². The lowest BCUT2D eigenvalue weighted by Gasteiger charge is -2.34. The highest BCUT2D eigenvalue weighted by atomic mass is 16.5. The average Bonchev–Trinajstić information content (AvgIpc) is 2.94. The molecule has 1 saturated heterocycles. The maximum Gasteiger partial charge on any atom is 0.160 e. The van der Waals surface area contributed by atoms with Crippen molar-refractivity contribution >= 4 is 11.2 Å². The molecule has 2 aromatic rings. The molecule has 3 heterocycles. The molecule has 0 N–H and O–H groups in total. The maximum atomic E-state index is 5.22. The number of aryl methyl sites for hydroxylation is 1. The number of fused-ring (bicyclic) bond motifs is 1. The standard InChI is InChI=1S/C17H26N4O/c1-3-20-11-5-4-9-15(20)17-19-14-8-6-10-18-16(14)21(17)12-7-13-22-2/h6,8,10,15H,3-5,7,9,11-13H2,1-2H3. The van der Waals surface area contributed by atoms with Gasteiger partial charge in [-0.15, -0.1) is 0 Å². The zero-order valence-corrected chi connectivity index (χ0v) is 13.7. The minimum Gasteiger partial charge on any atom is -0.385 e. The highest BCUT2D eigenvalue weighted by Crippen LogP contribution is 2.31. The Morgan fingerprint density at radius 3 is 3.09 bits per heavy atom. The van der Waals surface area contributed by atoms with E-state index in [2.05, 4.69) is 27.4 Å². The van der Waals surface area contributed by atoms with Crippen LogP contribution in [0.3, 0.4) is 0 Å². The average molecular weight is 302 g/mol. The summed E-state index contributed by atoms with van der Waals surface area (Å²) in [6, 6.07) is 4.46. The summed E-state index contributed by atoms with van der Waals surface area (Å²) in [6.45, 7) is 6.20. The minimum absolute atomic E-state index is 0.426. The fraction of sp³-hybridized carbons (Fsp3) is 0.647. The first-order valence-corrected chi connectivity index (χ1v) is 8.39. The second kappa shape index (κ2) is 7.20. The van der Waals surface area contributed by atoms with Crippen molar-refractivity contribution in [3.63, 3.8) is 0 Å². The summed E-state index contributed by atoms with van der Waals surface area (Å²) in [4.78, 5) is 12.1. The number of rotatable bonds is 6. The monoisotopic (exact) mass is 302 g/mol.